The maximum Gasteiger partial charge on any atom is 0.410 e. The minimum Gasteiger partial charge on any atom is -0.490 e. The van der Waals surface area contributed by atoms with Gasteiger partial charge in [-0.05, 0) is 65.5 Å². The van der Waals surface area contributed by atoms with Crippen LogP contribution < -0.4 is 9.47 Å². The number of carbonyl (C=O) groups is 1. The third-order valence-corrected chi connectivity index (χ3v) is 5.43. The van der Waals surface area contributed by atoms with E-state index < -0.39 is 11.2 Å². The quantitative estimate of drug-likeness (QED) is 0.789. The van der Waals surface area contributed by atoms with Gasteiger partial charge in [-0.1, -0.05) is 12.1 Å². The molecular weight excluding hydrogens is 358 g/mol. The summed E-state index contributed by atoms with van der Waals surface area (Å²) in [6.07, 6.45) is 3.24. The molecule has 1 N–H and O–H groups in total. The fourth-order valence-corrected chi connectivity index (χ4v) is 4.33. The van der Waals surface area contributed by atoms with E-state index in [1.165, 1.54) is 0 Å². The highest BCUT2D eigenvalue weighted by atomic mass is 16.6. The van der Waals surface area contributed by atoms with Crippen LogP contribution in [0.3, 0.4) is 0 Å². The Morgan fingerprint density at radius 2 is 1.71 bits per heavy atom. The van der Waals surface area contributed by atoms with Gasteiger partial charge in [-0.3, -0.25) is 0 Å². The van der Waals surface area contributed by atoms with Gasteiger partial charge in [0.25, 0.3) is 0 Å². The van der Waals surface area contributed by atoms with Gasteiger partial charge in [0.2, 0.25) is 0 Å². The van der Waals surface area contributed by atoms with Crippen LogP contribution in [0.15, 0.2) is 24.3 Å². The molecule has 2 bridgehead atoms. The summed E-state index contributed by atoms with van der Waals surface area (Å²) in [5.41, 5.74) is -1.32. The summed E-state index contributed by atoms with van der Waals surface area (Å²) < 4.78 is 17.0. The fourth-order valence-electron chi connectivity index (χ4n) is 4.33. The normalized spacial score (nSPS) is 26.8. The van der Waals surface area contributed by atoms with Gasteiger partial charge in [-0.15, -0.1) is 0 Å². The molecule has 28 heavy (non-hydrogen) atoms. The third kappa shape index (κ3) is 4.90. The highest BCUT2D eigenvalue weighted by Crippen LogP contribution is 2.43. The third-order valence-electron chi connectivity index (χ3n) is 5.43. The van der Waals surface area contributed by atoms with E-state index in [1.807, 2.05) is 56.9 Å². The Kier molecular flexibility index (Phi) is 6.08. The number of hydrogen-bond acceptors (Lipinski definition) is 5. The van der Waals surface area contributed by atoms with Crippen LogP contribution in [0.25, 0.3) is 0 Å². The highest BCUT2D eigenvalue weighted by molar-refractivity contribution is 5.69. The zero-order chi connectivity index (χ0) is 20.4. The predicted octanol–water partition coefficient (Wildman–Crippen LogP) is 4.15. The molecule has 0 aliphatic carbocycles. The van der Waals surface area contributed by atoms with Gasteiger partial charge in [-0.2, -0.15) is 0 Å². The summed E-state index contributed by atoms with van der Waals surface area (Å²) >= 11 is 0. The Morgan fingerprint density at radius 1 is 1.14 bits per heavy atom. The second-order valence-corrected chi connectivity index (χ2v) is 8.88. The van der Waals surface area contributed by atoms with E-state index in [0.29, 0.717) is 38.2 Å². The lowest BCUT2D eigenvalue weighted by Crippen LogP contribution is -2.54. The van der Waals surface area contributed by atoms with Crippen molar-refractivity contribution in [1.29, 1.82) is 0 Å². The number of aliphatic hydroxyl groups is 1. The second kappa shape index (κ2) is 8.19. The Morgan fingerprint density at radius 3 is 2.25 bits per heavy atom. The van der Waals surface area contributed by atoms with E-state index in [9.17, 15) is 9.90 Å². The van der Waals surface area contributed by atoms with E-state index in [1.54, 1.807) is 0 Å². The van der Waals surface area contributed by atoms with Gasteiger partial charge >= 0.3 is 6.09 Å². The van der Waals surface area contributed by atoms with Crippen LogP contribution in [0.1, 0.15) is 59.8 Å². The number of rotatable bonds is 6. The Labute approximate surface area is 167 Å². The molecule has 6 nitrogen and oxygen atoms in total. The van der Waals surface area contributed by atoms with Crippen molar-refractivity contribution in [3.63, 3.8) is 0 Å². The molecule has 0 radical (unpaired) electrons. The number of ether oxygens (including phenoxy) is 3. The van der Waals surface area contributed by atoms with Gasteiger partial charge in [0.05, 0.1) is 18.8 Å². The van der Waals surface area contributed by atoms with Crippen molar-refractivity contribution >= 4 is 6.09 Å². The number of nitrogens with zero attached hydrogens (tertiary/aromatic N) is 1. The molecule has 1 aromatic carbocycles. The molecule has 3 rings (SSSR count). The van der Waals surface area contributed by atoms with Crippen molar-refractivity contribution in [2.45, 2.75) is 83.1 Å². The lowest BCUT2D eigenvalue weighted by molar-refractivity contribution is -0.0671. The van der Waals surface area contributed by atoms with E-state index >= 15 is 0 Å². The molecule has 2 fully saturated rings. The topological polar surface area (TPSA) is 68.2 Å². The number of amides is 1. The minimum atomic E-state index is -0.815. The van der Waals surface area contributed by atoms with Gasteiger partial charge in [-0.25, -0.2) is 4.79 Å². The van der Waals surface area contributed by atoms with E-state index in [0.717, 1.165) is 18.6 Å². The molecule has 156 valence electrons. The Bertz CT molecular complexity index is 670. The van der Waals surface area contributed by atoms with Crippen molar-refractivity contribution in [3.05, 3.63) is 24.3 Å². The Balaban J connectivity index is 1.57. The lowest BCUT2D eigenvalue weighted by Gasteiger charge is -2.43. The first kappa shape index (κ1) is 20.8. The summed E-state index contributed by atoms with van der Waals surface area (Å²) in [6, 6.07) is 7.65. The SMILES string of the molecule is CCOc1ccccc1OCCC1(O)CC2CCC(C1)N2C(=O)OC(C)(C)C. The van der Waals surface area contributed by atoms with Crippen LogP contribution in [-0.2, 0) is 4.74 Å². The van der Waals surface area contributed by atoms with Crippen LogP contribution in [0.4, 0.5) is 4.79 Å². The van der Waals surface area contributed by atoms with E-state index in [2.05, 4.69) is 0 Å². The average Bonchev–Trinajstić information content (AvgIpc) is 2.88. The smallest absolute Gasteiger partial charge is 0.410 e. The van der Waals surface area contributed by atoms with Crippen molar-refractivity contribution in [2.75, 3.05) is 13.2 Å². The maximum atomic E-state index is 12.6. The number of carbonyl (C=O) groups excluding carboxylic acids is 1. The van der Waals surface area contributed by atoms with E-state index in [-0.39, 0.29) is 18.2 Å². The van der Waals surface area contributed by atoms with Crippen LogP contribution >= 0.6 is 0 Å². The molecular formula is C22H33NO5. The summed E-state index contributed by atoms with van der Waals surface area (Å²) in [7, 11) is 0. The van der Waals surface area contributed by atoms with Crippen molar-refractivity contribution < 1.29 is 24.1 Å². The molecule has 2 atom stereocenters. The van der Waals surface area contributed by atoms with Gasteiger partial charge in [0.1, 0.15) is 5.60 Å². The standard InChI is InChI=1S/C22H33NO5/c1-5-26-18-8-6-7-9-19(18)27-13-12-22(25)14-16-10-11-17(15-22)23(16)20(24)28-21(2,3)4/h6-9,16-17,25H,5,10-15H2,1-4H3. The van der Waals surface area contributed by atoms with Crippen molar-refractivity contribution in [2.24, 2.45) is 0 Å². The molecule has 2 heterocycles. The molecule has 1 amide bonds. The summed E-state index contributed by atoms with van der Waals surface area (Å²) in [5, 5.41) is 11.1. The van der Waals surface area contributed by atoms with Crippen LogP contribution in [0, 0.1) is 0 Å². The maximum absolute atomic E-state index is 12.6. The number of fused-ring (bicyclic) bond motifs is 2. The molecule has 2 aliphatic rings. The van der Waals surface area contributed by atoms with Crippen molar-refractivity contribution in [1.82, 2.24) is 4.90 Å². The molecule has 0 saturated carbocycles. The lowest BCUT2D eigenvalue weighted by atomic mass is 9.84. The molecule has 1 aromatic rings. The largest absolute Gasteiger partial charge is 0.490 e. The molecule has 0 aromatic heterocycles. The summed E-state index contributed by atoms with van der Waals surface area (Å²) in [5.74, 6) is 1.42. The van der Waals surface area contributed by atoms with Gasteiger partial charge < -0.3 is 24.2 Å². The predicted molar refractivity (Wildman–Crippen MR) is 107 cm³/mol. The number of para-hydroxylation sites is 2. The summed E-state index contributed by atoms with van der Waals surface area (Å²) in [6.45, 7) is 8.56. The zero-order valence-corrected chi connectivity index (χ0v) is 17.4. The minimum absolute atomic E-state index is 0.0364. The molecule has 2 saturated heterocycles. The zero-order valence-electron chi connectivity index (χ0n) is 17.4. The molecule has 2 unspecified atom stereocenters. The first-order valence-electron chi connectivity index (χ1n) is 10.3. The first-order valence-corrected chi connectivity index (χ1v) is 10.3. The summed E-state index contributed by atoms with van der Waals surface area (Å²) in [4.78, 5) is 14.4. The van der Waals surface area contributed by atoms with Gasteiger partial charge in [0, 0.05) is 18.5 Å². The molecule has 6 heteroatoms. The van der Waals surface area contributed by atoms with Crippen LogP contribution in [0.5, 0.6) is 11.5 Å². The average molecular weight is 392 g/mol. The number of hydrogen-bond donors (Lipinski definition) is 1. The Hall–Kier alpha value is -1.95. The monoisotopic (exact) mass is 391 g/mol. The van der Waals surface area contributed by atoms with Crippen LogP contribution in [-0.4, -0.2) is 52.6 Å². The molecule has 0 spiro atoms. The van der Waals surface area contributed by atoms with E-state index in [4.69, 9.17) is 14.2 Å². The first-order chi connectivity index (χ1) is 13.2. The number of piperidine rings is 1. The number of benzene rings is 1. The second-order valence-electron chi connectivity index (χ2n) is 8.88. The molecule has 2 aliphatic heterocycles. The van der Waals surface area contributed by atoms with Crippen molar-refractivity contribution in [3.8, 4) is 11.5 Å². The van der Waals surface area contributed by atoms with Gasteiger partial charge in [0.15, 0.2) is 11.5 Å². The highest BCUT2D eigenvalue weighted by Gasteiger charge is 2.50. The fraction of sp³-hybridized carbons (Fsp3) is 0.682. The van der Waals surface area contributed by atoms with Crippen LogP contribution in [0.2, 0.25) is 0 Å².